The molecule has 0 spiro atoms. The molecular weight excluding hydrogens is 520 g/mol. The van der Waals surface area contributed by atoms with Crippen molar-refractivity contribution in [3.63, 3.8) is 0 Å². The summed E-state index contributed by atoms with van der Waals surface area (Å²) in [5.41, 5.74) is 2.86. The molecule has 0 unspecified atom stereocenters. The number of nitrogens with zero attached hydrogens (tertiary/aromatic N) is 2. The van der Waals surface area contributed by atoms with E-state index < -0.39 is 5.97 Å². The van der Waals surface area contributed by atoms with Gasteiger partial charge in [0.15, 0.2) is 0 Å². The van der Waals surface area contributed by atoms with Crippen LogP contribution >= 0.6 is 22.9 Å². The van der Waals surface area contributed by atoms with E-state index in [9.17, 15) is 14.7 Å². The van der Waals surface area contributed by atoms with Gasteiger partial charge >= 0.3 is 5.97 Å². The van der Waals surface area contributed by atoms with Crippen molar-refractivity contribution in [2.75, 3.05) is 6.61 Å². The van der Waals surface area contributed by atoms with Crippen LogP contribution in [0, 0.1) is 6.92 Å². The smallest absolute Gasteiger partial charge is 0.350 e. The first-order valence-electron chi connectivity index (χ1n) is 11.9. The van der Waals surface area contributed by atoms with Gasteiger partial charge in [0.25, 0.3) is 5.56 Å². The lowest BCUT2D eigenvalue weighted by atomic mass is 10.1. The number of fused-ring (bicyclic) bond motifs is 1. The number of hydrogen-bond acceptors (Lipinski definition) is 6. The highest BCUT2D eigenvalue weighted by molar-refractivity contribution is 7.18. The van der Waals surface area contributed by atoms with Crippen LogP contribution in [0.15, 0.2) is 88.6 Å². The van der Waals surface area contributed by atoms with Crippen LogP contribution in [-0.4, -0.2) is 28.5 Å². The maximum Gasteiger partial charge on any atom is 0.350 e. The maximum absolute atomic E-state index is 13.4. The molecule has 0 saturated carbocycles. The molecule has 3 aromatic carbocycles. The van der Waals surface area contributed by atoms with Crippen LogP contribution in [-0.2, 0) is 4.74 Å². The summed E-state index contributed by atoms with van der Waals surface area (Å²) in [6.07, 6.45) is 1.48. The minimum atomic E-state index is -0.483. The number of aromatic hydroxyl groups is 1. The lowest BCUT2D eigenvalue weighted by Gasteiger charge is -2.14. The zero-order chi connectivity index (χ0) is 26.8. The van der Waals surface area contributed by atoms with Crippen LogP contribution in [0.1, 0.15) is 27.7 Å². The summed E-state index contributed by atoms with van der Waals surface area (Å²) < 4.78 is 6.53. The van der Waals surface area contributed by atoms with Crippen LogP contribution < -0.4 is 5.56 Å². The highest BCUT2D eigenvalue weighted by Crippen LogP contribution is 2.38. The predicted octanol–water partition coefficient (Wildman–Crippen LogP) is 7.31. The number of aryl methyl sites for hydroxylation is 1. The fourth-order valence-electron chi connectivity index (χ4n) is 4.13. The highest BCUT2D eigenvalue weighted by atomic mass is 35.5. The van der Waals surface area contributed by atoms with Gasteiger partial charge in [0.1, 0.15) is 4.88 Å². The Morgan fingerprint density at radius 1 is 1.05 bits per heavy atom. The number of benzene rings is 3. The Labute approximate surface area is 228 Å². The third kappa shape index (κ3) is 4.86. The largest absolute Gasteiger partial charge is 0.494 e. The van der Waals surface area contributed by atoms with E-state index >= 15 is 0 Å². The van der Waals surface area contributed by atoms with Gasteiger partial charge in [0, 0.05) is 26.9 Å². The number of rotatable bonds is 6. The van der Waals surface area contributed by atoms with E-state index in [1.54, 1.807) is 61.5 Å². The average molecular weight is 543 g/mol. The van der Waals surface area contributed by atoms with Gasteiger partial charge in [-0.05, 0) is 55.8 Å². The molecule has 0 fully saturated rings. The molecule has 2 aromatic heterocycles. The summed E-state index contributed by atoms with van der Waals surface area (Å²) in [5, 5.41) is 12.9. The maximum atomic E-state index is 13.4. The van der Waals surface area contributed by atoms with Gasteiger partial charge in [0.2, 0.25) is 5.88 Å². The van der Waals surface area contributed by atoms with Crippen molar-refractivity contribution >= 4 is 51.6 Å². The van der Waals surface area contributed by atoms with Gasteiger partial charge in [-0.3, -0.25) is 9.79 Å². The Bertz CT molecular complexity index is 1740. The van der Waals surface area contributed by atoms with E-state index in [0.29, 0.717) is 37.6 Å². The van der Waals surface area contributed by atoms with Crippen molar-refractivity contribution in [1.29, 1.82) is 0 Å². The minimum absolute atomic E-state index is 0.225. The van der Waals surface area contributed by atoms with Crippen LogP contribution in [0.5, 0.6) is 5.88 Å². The summed E-state index contributed by atoms with van der Waals surface area (Å²) in [5.74, 6) is -0.726. The summed E-state index contributed by atoms with van der Waals surface area (Å²) >= 11 is 7.31. The molecule has 1 N–H and O–H groups in total. The summed E-state index contributed by atoms with van der Waals surface area (Å²) in [6, 6.07) is 23.4. The Morgan fingerprint density at radius 3 is 2.42 bits per heavy atom. The molecule has 2 heterocycles. The van der Waals surface area contributed by atoms with E-state index in [1.165, 1.54) is 22.1 Å². The second-order valence-electron chi connectivity index (χ2n) is 8.57. The quantitative estimate of drug-likeness (QED) is 0.180. The van der Waals surface area contributed by atoms with E-state index in [0.717, 1.165) is 16.0 Å². The summed E-state index contributed by atoms with van der Waals surface area (Å²) in [6.45, 7) is 3.92. The van der Waals surface area contributed by atoms with Crippen LogP contribution in [0.2, 0.25) is 5.02 Å². The van der Waals surface area contributed by atoms with Crippen LogP contribution in [0.4, 0.5) is 5.69 Å². The number of aliphatic imine (C=N–C) groups is 1. The standard InChI is InChI=1S/C30H23ClN2O4S/c1-3-37-30(36)27-25(16-26(38-27)19-10-12-20(31)13-11-19)32-17-24-22-6-4-5-7-23(22)28(34)33(29(24)35)21-14-8-18(2)9-15-21/h4-17,35H,3H2,1-2H3. The van der Waals surface area contributed by atoms with Crippen molar-refractivity contribution in [3.8, 4) is 22.0 Å². The molecule has 190 valence electrons. The fourth-order valence-corrected chi connectivity index (χ4v) is 5.26. The second-order valence-corrected chi connectivity index (χ2v) is 10.1. The Kier molecular flexibility index (Phi) is 7.13. The number of carbonyl (C=O) groups excluding carboxylic acids is 1. The number of ether oxygens (including phenoxy) is 1. The molecule has 0 aliphatic carbocycles. The molecule has 38 heavy (non-hydrogen) atoms. The molecule has 0 atom stereocenters. The Hall–Kier alpha value is -4.20. The van der Waals surface area contributed by atoms with E-state index in [4.69, 9.17) is 16.3 Å². The number of aromatic nitrogens is 1. The first kappa shape index (κ1) is 25.4. The number of halogens is 1. The zero-order valence-electron chi connectivity index (χ0n) is 20.6. The lowest BCUT2D eigenvalue weighted by Crippen LogP contribution is -2.20. The van der Waals surface area contributed by atoms with Crippen molar-refractivity contribution in [3.05, 3.63) is 110 Å². The molecule has 5 aromatic rings. The molecule has 0 aliphatic rings. The lowest BCUT2D eigenvalue weighted by molar-refractivity contribution is 0.0533. The van der Waals surface area contributed by atoms with Crippen molar-refractivity contribution in [1.82, 2.24) is 4.57 Å². The molecule has 0 radical (unpaired) electrons. The number of carbonyl (C=O) groups is 1. The summed E-state index contributed by atoms with van der Waals surface area (Å²) in [4.78, 5) is 31.9. The molecule has 0 bridgehead atoms. The van der Waals surface area contributed by atoms with Crippen molar-refractivity contribution < 1.29 is 14.6 Å². The van der Waals surface area contributed by atoms with Crippen LogP contribution in [0.3, 0.4) is 0 Å². The zero-order valence-corrected chi connectivity index (χ0v) is 22.2. The second kappa shape index (κ2) is 10.7. The molecular formula is C30H23ClN2O4S. The SMILES string of the molecule is CCOC(=O)c1sc(-c2ccc(Cl)cc2)cc1N=Cc1c(O)n(-c2ccc(C)cc2)c(=O)c2ccccc12. The topological polar surface area (TPSA) is 80.9 Å². The Morgan fingerprint density at radius 2 is 1.74 bits per heavy atom. The van der Waals surface area contributed by atoms with Crippen LogP contribution in [0.25, 0.3) is 26.9 Å². The molecule has 0 aliphatic heterocycles. The number of pyridine rings is 1. The van der Waals surface area contributed by atoms with Gasteiger partial charge in [0.05, 0.1) is 23.5 Å². The highest BCUT2D eigenvalue weighted by Gasteiger charge is 2.20. The first-order chi connectivity index (χ1) is 18.4. The van der Waals surface area contributed by atoms with E-state index in [2.05, 4.69) is 4.99 Å². The molecule has 6 nitrogen and oxygen atoms in total. The Balaban J connectivity index is 1.68. The minimum Gasteiger partial charge on any atom is -0.494 e. The molecule has 8 heteroatoms. The van der Waals surface area contributed by atoms with Gasteiger partial charge in [-0.2, -0.15) is 0 Å². The van der Waals surface area contributed by atoms with E-state index in [1.807, 2.05) is 31.2 Å². The monoisotopic (exact) mass is 542 g/mol. The average Bonchev–Trinajstić information content (AvgIpc) is 3.35. The van der Waals surface area contributed by atoms with Crippen molar-refractivity contribution in [2.24, 2.45) is 4.99 Å². The van der Waals surface area contributed by atoms with Gasteiger partial charge in [-0.15, -0.1) is 11.3 Å². The van der Waals surface area contributed by atoms with Gasteiger partial charge in [-0.25, -0.2) is 9.36 Å². The third-order valence-electron chi connectivity index (χ3n) is 6.03. The van der Waals surface area contributed by atoms with Crippen molar-refractivity contribution in [2.45, 2.75) is 13.8 Å². The molecule has 5 rings (SSSR count). The number of thiophene rings is 1. The fraction of sp³-hybridized carbons (Fsp3) is 0.100. The molecule has 0 saturated heterocycles. The van der Waals surface area contributed by atoms with Gasteiger partial charge < -0.3 is 9.84 Å². The van der Waals surface area contributed by atoms with E-state index in [-0.39, 0.29) is 18.0 Å². The molecule has 0 amide bonds. The number of esters is 1. The number of hydrogen-bond donors (Lipinski definition) is 1. The first-order valence-corrected chi connectivity index (χ1v) is 13.1. The predicted molar refractivity (Wildman–Crippen MR) is 154 cm³/mol. The normalized spacial score (nSPS) is 11.3. The summed E-state index contributed by atoms with van der Waals surface area (Å²) in [7, 11) is 0. The third-order valence-corrected chi connectivity index (χ3v) is 7.44. The van der Waals surface area contributed by atoms with Gasteiger partial charge in [-0.1, -0.05) is 59.6 Å².